The Morgan fingerprint density at radius 3 is 2.17 bits per heavy atom. The molecule has 63 heavy (non-hydrogen) atoms. The van der Waals surface area contributed by atoms with Gasteiger partial charge in [0.1, 0.15) is 34.5 Å². The summed E-state index contributed by atoms with van der Waals surface area (Å²) in [6, 6.07) is 8.26. The predicted molar refractivity (Wildman–Crippen MR) is 213 cm³/mol. The minimum Gasteiger partial charge on any atom is -0.489 e. The number of alkyl halides is 6. The van der Waals surface area contributed by atoms with E-state index in [9.17, 15) is 45.5 Å². The van der Waals surface area contributed by atoms with Gasteiger partial charge >= 0.3 is 18.3 Å². The fourth-order valence-electron chi connectivity index (χ4n) is 7.45. The predicted octanol–water partition coefficient (Wildman–Crippen LogP) is 5.62. The molecule has 7 heterocycles. The number of amides is 4. The van der Waals surface area contributed by atoms with Crippen molar-refractivity contribution in [2.24, 2.45) is 0 Å². The molecule has 22 heteroatoms. The highest BCUT2D eigenvalue weighted by atomic mass is 19.4. The molecule has 4 aromatic rings. The minimum atomic E-state index is -5.08. The van der Waals surface area contributed by atoms with Crippen LogP contribution in [-0.4, -0.2) is 115 Å². The van der Waals surface area contributed by atoms with Crippen LogP contribution in [0.15, 0.2) is 55.0 Å². The molecule has 3 saturated heterocycles. The van der Waals surface area contributed by atoms with Gasteiger partial charge in [-0.2, -0.15) is 26.3 Å². The van der Waals surface area contributed by atoms with Crippen LogP contribution in [0, 0.1) is 0 Å². The number of imide groups is 1. The normalized spacial score (nSPS) is 18.1. The monoisotopic (exact) mass is 889 g/mol. The number of aromatic nitrogens is 4. The smallest absolute Gasteiger partial charge is 0.489 e. The zero-order chi connectivity index (χ0) is 45.6. The van der Waals surface area contributed by atoms with Crippen LogP contribution in [0.2, 0.25) is 0 Å². The summed E-state index contributed by atoms with van der Waals surface area (Å²) in [7, 11) is 0. The van der Waals surface area contributed by atoms with Crippen LogP contribution in [0.4, 0.5) is 37.7 Å². The molecule has 3 aliphatic rings. The molecule has 1 atom stereocenters. The first-order valence-corrected chi connectivity index (χ1v) is 20.1. The van der Waals surface area contributed by atoms with E-state index in [1.54, 1.807) is 22.9 Å². The molecule has 0 aliphatic carbocycles. The number of anilines is 2. The number of nitrogens with zero attached hydrogens (tertiary/aromatic N) is 6. The number of carbonyl (C=O) groups excluding carboxylic acids is 4. The molecule has 0 bridgehead atoms. The Labute approximate surface area is 356 Å². The highest BCUT2D eigenvalue weighted by molar-refractivity contribution is 6.04. The molecular weight excluding hydrogens is 844 g/mol. The summed E-state index contributed by atoms with van der Waals surface area (Å²) in [4.78, 5) is 75.8. The van der Waals surface area contributed by atoms with E-state index in [1.165, 1.54) is 6.07 Å². The van der Waals surface area contributed by atoms with E-state index in [-0.39, 0.29) is 47.0 Å². The number of ether oxygens (including phenoxy) is 1. The van der Waals surface area contributed by atoms with E-state index in [4.69, 9.17) is 19.6 Å². The Morgan fingerprint density at radius 1 is 0.905 bits per heavy atom. The summed E-state index contributed by atoms with van der Waals surface area (Å²) < 4.78 is 79.1. The van der Waals surface area contributed by atoms with Crippen molar-refractivity contribution in [3.05, 3.63) is 77.8 Å². The molecule has 0 radical (unpaired) electrons. The average molecular weight is 890 g/mol. The van der Waals surface area contributed by atoms with Gasteiger partial charge in [-0.15, -0.1) is 0 Å². The number of hydrogen-bond donors (Lipinski definition) is 4. The van der Waals surface area contributed by atoms with Gasteiger partial charge in [-0.1, -0.05) is 6.07 Å². The third kappa shape index (κ3) is 12.2. The first-order valence-electron chi connectivity index (χ1n) is 20.1. The van der Waals surface area contributed by atoms with Crippen molar-refractivity contribution in [3.8, 4) is 5.75 Å². The summed E-state index contributed by atoms with van der Waals surface area (Å²) >= 11 is 0. The van der Waals surface area contributed by atoms with Crippen molar-refractivity contribution in [3.63, 3.8) is 0 Å². The molecule has 4 N–H and O–H groups in total. The Hall–Kier alpha value is -6.32. The molecule has 4 aromatic heterocycles. The largest absolute Gasteiger partial charge is 0.490 e. The summed E-state index contributed by atoms with van der Waals surface area (Å²) in [6.45, 7) is 6.77. The quantitative estimate of drug-likeness (QED) is 0.113. The number of pyridine rings is 3. The number of carboxylic acids is 1. The van der Waals surface area contributed by atoms with Gasteiger partial charge in [0.2, 0.25) is 17.7 Å². The van der Waals surface area contributed by atoms with Crippen LogP contribution in [0.5, 0.6) is 5.75 Å². The first kappa shape index (κ1) is 46.2. The number of carbonyl (C=O) groups is 5. The van der Waals surface area contributed by atoms with E-state index in [2.05, 4.69) is 30.8 Å². The van der Waals surface area contributed by atoms with Crippen LogP contribution in [0.1, 0.15) is 91.8 Å². The number of hydrogen-bond acceptors (Lipinski definition) is 11. The molecular formula is C41H45F6N9O7. The number of rotatable bonds is 10. The lowest BCUT2D eigenvalue weighted by Crippen LogP contribution is -2.47. The molecule has 7 rings (SSSR count). The van der Waals surface area contributed by atoms with Gasteiger partial charge in [-0.25, -0.2) is 14.8 Å². The van der Waals surface area contributed by atoms with Gasteiger partial charge in [0.15, 0.2) is 0 Å². The van der Waals surface area contributed by atoms with Crippen molar-refractivity contribution in [1.29, 1.82) is 0 Å². The zero-order valence-corrected chi connectivity index (χ0v) is 34.1. The minimum absolute atomic E-state index is 0.110. The molecule has 0 saturated carbocycles. The number of piperidine rings is 3. The van der Waals surface area contributed by atoms with Crippen LogP contribution in [0.25, 0.3) is 5.65 Å². The van der Waals surface area contributed by atoms with E-state index in [1.807, 2.05) is 37.1 Å². The molecule has 1 unspecified atom stereocenters. The van der Waals surface area contributed by atoms with Gasteiger partial charge < -0.3 is 29.8 Å². The fourth-order valence-corrected chi connectivity index (χ4v) is 7.45. The van der Waals surface area contributed by atoms with Crippen LogP contribution in [0.3, 0.4) is 0 Å². The molecule has 16 nitrogen and oxygen atoms in total. The molecule has 0 spiro atoms. The second-order valence-corrected chi connectivity index (χ2v) is 15.6. The Morgan fingerprint density at radius 2 is 1.57 bits per heavy atom. The lowest BCUT2D eigenvalue weighted by Gasteiger charge is -2.35. The maximum Gasteiger partial charge on any atom is 0.490 e. The topological polar surface area (TPSA) is 200 Å². The standard InChI is InChI=1S/C39H44F3N9O5.C2HF3O2/c1-23(2)56-32-18-34-46-30(20-51(34)21-31(32)47-37(54)28-4-3-5-33(45-28)39(40,41)42)25-10-14-49(15-11-25)22-36(53)50-16-12-24(13-17-50)27-7-6-26(19-43-27)44-29-8-9-35(52)48-38(29)55;3-2(4,5)1(6)7/h3-7,18-21,23-25,29,44H,8-17,22H2,1-2H3,(H,47,54)(H,48,52,55);(H,6,7). The van der Waals surface area contributed by atoms with Crippen molar-refractivity contribution < 1.29 is 60.2 Å². The number of halogens is 6. The highest BCUT2D eigenvalue weighted by Gasteiger charge is 2.38. The second-order valence-electron chi connectivity index (χ2n) is 15.6. The van der Waals surface area contributed by atoms with Crippen molar-refractivity contribution in [2.45, 2.75) is 88.7 Å². The van der Waals surface area contributed by atoms with E-state index in [0.717, 1.165) is 68.0 Å². The molecule has 3 aliphatic heterocycles. The van der Waals surface area contributed by atoms with Crippen molar-refractivity contribution in [1.82, 2.24) is 34.5 Å². The highest BCUT2D eigenvalue weighted by Crippen LogP contribution is 2.33. The number of carboxylic acid groups (broad SMARTS) is 1. The van der Waals surface area contributed by atoms with E-state index < -0.39 is 36.0 Å². The van der Waals surface area contributed by atoms with Gasteiger partial charge in [-0.3, -0.25) is 34.4 Å². The van der Waals surface area contributed by atoms with Gasteiger partial charge in [0, 0.05) is 55.5 Å². The van der Waals surface area contributed by atoms with E-state index in [0.29, 0.717) is 43.9 Å². The number of nitrogens with one attached hydrogen (secondary N) is 3. The number of likely N-dealkylation sites (tertiary alicyclic amines) is 2. The summed E-state index contributed by atoms with van der Waals surface area (Å²) in [5.41, 5.74) is 1.88. The number of fused-ring (bicyclic) bond motifs is 1. The average Bonchev–Trinajstić information content (AvgIpc) is 3.64. The maximum absolute atomic E-state index is 13.3. The lowest BCUT2D eigenvalue weighted by atomic mass is 9.92. The molecule has 4 amide bonds. The maximum atomic E-state index is 13.3. The van der Waals surface area contributed by atoms with Gasteiger partial charge in [-0.05, 0) is 83.3 Å². The van der Waals surface area contributed by atoms with Crippen LogP contribution < -0.4 is 20.7 Å². The Balaban J connectivity index is 0.000000871. The zero-order valence-electron chi connectivity index (χ0n) is 34.1. The summed E-state index contributed by atoms with van der Waals surface area (Å²) in [5.74, 6) is -3.32. The van der Waals surface area contributed by atoms with E-state index >= 15 is 0 Å². The van der Waals surface area contributed by atoms with Crippen LogP contribution >= 0.6 is 0 Å². The molecule has 0 aromatic carbocycles. The lowest BCUT2D eigenvalue weighted by molar-refractivity contribution is -0.192. The van der Waals surface area contributed by atoms with Gasteiger partial charge in [0.05, 0.1) is 30.2 Å². The van der Waals surface area contributed by atoms with Gasteiger partial charge in [0.25, 0.3) is 5.91 Å². The van der Waals surface area contributed by atoms with Crippen LogP contribution in [-0.2, 0) is 25.4 Å². The molecule has 3 fully saturated rings. The molecule has 338 valence electrons. The number of imidazole rings is 1. The SMILES string of the molecule is CC(C)Oc1cc2nc(C3CCN(CC(=O)N4CCC(c5ccc(NC6CCC(=O)NC6=O)cn5)CC4)CC3)cn2cc1NC(=O)c1cccc(C(F)(F)F)n1.O=C(O)C(F)(F)F. The summed E-state index contributed by atoms with van der Waals surface area (Å²) in [5, 5.41) is 15.3. The van der Waals surface area contributed by atoms with Crippen molar-refractivity contribution >= 4 is 46.6 Å². The summed E-state index contributed by atoms with van der Waals surface area (Å²) in [6.07, 6.45) is -0.800. The third-order valence-corrected chi connectivity index (χ3v) is 10.7. The number of aliphatic carboxylic acids is 1. The Bertz CT molecular complexity index is 2300. The third-order valence-electron chi connectivity index (χ3n) is 10.7. The Kier molecular flexibility index (Phi) is 14.2. The second kappa shape index (κ2) is 19.4. The fraction of sp³-hybridized carbons (Fsp3) is 0.463. The van der Waals surface area contributed by atoms with Crippen molar-refractivity contribution in [2.75, 3.05) is 43.4 Å². The first-order chi connectivity index (χ1) is 29.7.